The van der Waals surface area contributed by atoms with Crippen LogP contribution in [0.15, 0.2) is 27.8 Å². The van der Waals surface area contributed by atoms with Gasteiger partial charge in [0, 0.05) is 9.89 Å². The molecular weight excluding hydrogens is 315 g/mol. The van der Waals surface area contributed by atoms with Gasteiger partial charge in [-0.25, -0.2) is 4.39 Å². The van der Waals surface area contributed by atoms with Gasteiger partial charge in [-0.15, -0.1) is 0 Å². The molecule has 0 unspecified atom stereocenters. The fraction of sp³-hybridized carbons (Fsp3) is 0.462. The minimum absolute atomic E-state index is 0.182. The Balaban J connectivity index is 2.45. The lowest BCUT2D eigenvalue weighted by Gasteiger charge is -2.22. The van der Waals surface area contributed by atoms with Gasteiger partial charge < -0.3 is 15.7 Å². The standard InChI is InChI=1S/C13H18BrFN2O2/c1-13(2,12(16)17-18)6-3-7-19-11-8-9(14)4-5-10(11)15/h4-5,8,18H,3,6-7H2,1-2H3,(H2,16,17). The summed E-state index contributed by atoms with van der Waals surface area (Å²) in [6, 6.07) is 4.55. The monoisotopic (exact) mass is 332 g/mol. The van der Waals surface area contributed by atoms with Gasteiger partial charge in [-0.3, -0.25) is 0 Å². The van der Waals surface area contributed by atoms with Crippen LogP contribution in [0.1, 0.15) is 26.7 Å². The molecule has 4 nitrogen and oxygen atoms in total. The molecule has 0 saturated heterocycles. The van der Waals surface area contributed by atoms with Gasteiger partial charge in [0.1, 0.15) is 5.84 Å². The van der Waals surface area contributed by atoms with Crippen LogP contribution in [-0.2, 0) is 0 Å². The summed E-state index contributed by atoms with van der Waals surface area (Å²) in [7, 11) is 0. The fourth-order valence-corrected chi connectivity index (χ4v) is 1.89. The van der Waals surface area contributed by atoms with Gasteiger partial charge in [-0.2, -0.15) is 0 Å². The Kier molecular flexibility index (Phi) is 5.60. The van der Waals surface area contributed by atoms with E-state index in [1.165, 1.54) is 6.07 Å². The molecule has 0 aliphatic carbocycles. The van der Waals surface area contributed by atoms with Crippen molar-refractivity contribution in [1.29, 1.82) is 0 Å². The maximum absolute atomic E-state index is 13.4. The molecular formula is C13H18BrFN2O2. The minimum atomic E-state index is -0.409. The number of ether oxygens (including phenoxy) is 1. The van der Waals surface area contributed by atoms with E-state index >= 15 is 0 Å². The van der Waals surface area contributed by atoms with Crippen LogP contribution in [0.25, 0.3) is 0 Å². The predicted molar refractivity (Wildman–Crippen MR) is 76.0 cm³/mol. The van der Waals surface area contributed by atoms with E-state index in [0.29, 0.717) is 19.4 Å². The third-order valence-electron chi connectivity index (χ3n) is 2.90. The Morgan fingerprint density at radius 1 is 1.53 bits per heavy atom. The van der Waals surface area contributed by atoms with E-state index in [1.54, 1.807) is 12.1 Å². The maximum Gasteiger partial charge on any atom is 0.165 e. The lowest BCUT2D eigenvalue weighted by Crippen LogP contribution is -2.32. The Morgan fingerprint density at radius 3 is 2.84 bits per heavy atom. The topological polar surface area (TPSA) is 67.8 Å². The van der Waals surface area contributed by atoms with Crippen LogP contribution in [0.3, 0.4) is 0 Å². The first-order chi connectivity index (χ1) is 8.86. The Morgan fingerprint density at radius 2 is 2.21 bits per heavy atom. The van der Waals surface area contributed by atoms with Crippen molar-refractivity contribution in [2.75, 3.05) is 6.61 Å². The van der Waals surface area contributed by atoms with Crippen LogP contribution in [0, 0.1) is 11.2 Å². The summed E-state index contributed by atoms with van der Waals surface area (Å²) in [5, 5.41) is 11.7. The molecule has 1 aromatic carbocycles. The molecule has 0 fully saturated rings. The lowest BCUT2D eigenvalue weighted by molar-refractivity contribution is 0.269. The quantitative estimate of drug-likeness (QED) is 0.275. The number of amidine groups is 1. The Labute approximate surface area is 120 Å². The molecule has 0 aliphatic rings. The number of benzene rings is 1. The number of hydrogen-bond acceptors (Lipinski definition) is 3. The molecule has 0 bridgehead atoms. The van der Waals surface area contributed by atoms with E-state index in [4.69, 9.17) is 15.7 Å². The van der Waals surface area contributed by atoms with Gasteiger partial charge in [-0.05, 0) is 31.0 Å². The third kappa shape index (κ3) is 4.70. The first kappa shape index (κ1) is 15.8. The molecule has 0 spiro atoms. The third-order valence-corrected chi connectivity index (χ3v) is 3.39. The fourth-order valence-electron chi connectivity index (χ4n) is 1.55. The summed E-state index contributed by atoms with van der Waals surface area (Å²) in [4.78, 5) is 0. The SMILES string of the molecule is CC(C)(CCCOc1cc(Br)ccc1F)/C(N)=N/O. The van der Waals surface area contributed by atoms with Gasteiger partial charge in [0.2, 0.25) is 0 Å². The summed E-state index contributed by atoms with van der Waals surface area (Å²) >= 11 is 3.26. The van der Waals surface area contributed by atoms with Gasteiger partial charge in [0.15, 0.2) is 11.6 Å². The zero-order chi connectivity index (χ0) is 14.5. The van der Waals surface area contributed by atoms with Crippen molar-refractivity contribution in [3.8, 4) is 5.75 Å². The van der Waals surface area contributed by atoms with E-state index in [0.717, 1.165) is 4.47 Å². The molecule has 1 aromatic rings. The molecule has 0 saturated carbocycles. The highest BCUT2D eigenvalue weighted by Crippen LogP contribution is 2.25. The van der Waals surface area contributed by atoms with Crippen molar-refractivity contribution in [3.63, 3.8) is 0 Å². The zero-order valence-corrected chi connectivity index (χ0v) is 12.6. The van der Waals surface area contributed by atoms with Gasteiger partial charge in [0.05, 0.1) is 6.61 Å². The van der Waals surface area contributed by atoms with Crippen molar-refractivity contribution in [2.24, 2.45) is 16.3 Å². The average molecular weight is 333 g/mol. The summed E-state index contributed by atoms with van der Waals surface area (Å²) in [6.45, 7) is 4.12. The van der Waals surface area contributed by atoms with Crippen molar-refractivity contribution in [2.45, 2.75) is 26.7 Å². The zero-order valence-electron chi connectivity index (χ0n) is 11.0. The molecule has 0 atom stereocenters. The Hall–Kier alpha value is -1.30. The molecule has 0 amide bonds. The summed E-state index contributed by atoms with van der Waals surface area (Å²) < 4.78 is 19.5. The number of oxime groups is 1. The Bertz CT molecular complexity index is 464. The van der Waals surface area contributed by atoms with E-state index < -0.39 is 5.41 Å². The van der Waals surface area contributed by atoms with Crippen LogP contribution < -0.4 is 10.5 Å². The second kappa shape index (κ2) is 6.75. The molecule has 0 aromatic heterocycles. The number of hydrogen-bond donors (Lipinski definition) is 2. The van der Waals surface area contributed by atoms with E-state index in [2.05, 4.69) is 21.1 Å². The molecule has 3 N–H and O–H groups in total. The van der Waals surface area contributed by atoms with Crippen molar-refractivity contribution in [3.05, 3.63) is 28.5 Å². The highest BCUT2D eigenvalue weighted by molar-refractivity contribution is 9.10. The van der Waals surface area contributed by atoms with E-state index in [9.17, 15) is 4.39 Å². The van der Waals surface area contributed by atoms with Crippen molar-refractivity contribution < 1.29 is 14.3 Å². The second-order valence-corrected chi connectivity index (χ2v) is 5.81. The van der Waals surface area contributed by atoms with Crippen molar-refractivity contribution >= 4 is 21.8 Å². The molecule has 1 rings (SSSR count). The summed E-state index contributed by atoms with van der Waals surface area (Å²) in [5.74, 6) is 0.0102. The molecule has 0 heterocycles. The van der Waals surface area contributed by atoms with Gasteiger partial charge in [0.25, 0.3) is 0 Å². The number of nitrogens with zero attached hydrogens (tertiary/aromatic N) is 1. The average Bonchev–Trinajstić information content (AvgIpc) is 2.37. The van der Waals surface area contributed by atoms with Gasteiger partial charge in [-0.1, -0.05) is 34.9 Å². The lowest BCUT2D eigenvalue weighted by atomic mass is 9.87. The van der Waals surface area contributed by atoms with Gasteiger partial charge >= 0.3 is 0 Å². The highest BCUT2D eigenvalue weighted by atomic mass is 79.9. The van der Waals surface area contributed by atoms with Crippen LogP contribution in [0.4, 0.5) is 4.39 Å². The minimum Gasteiger partial charge on any atom is -0.490 e. The smallest absolute Gasteiger partial charge is 0.165 e. The maximum atomic E-state index is 13.4. The molecule has 106 valence electrons. The first-order valence-corrected chi connectivity index (χ1v) is 6.72. The summed E-state index contributed by atoms with van der Waals surface area (Å²) in [6.07, 6.45) is 1.35. The van der Waals surface area contributed by atoms with Crippen LogP contribution in [0.5, 0.6) is 5.75 Å². The number of rotatable bonds is 6. The molecule has 19 heavy (non-hydrogen) atoms. The molecule has 6 heteroatoms. The van der Waals surface area contributed by atoms with Crippen molar-refractivity contribution in [1.82, 2.24) is 0 Å². The molecule has 0 aliphatic heterocycles. The normalized spacial score (nSPS) is 12.5. The van der Waals surface area contributed by atoms with E-state index in [1.807, 2.05) is 13.8 Å². The van der Waals surface area contributed by atoms with E-state index in [-0.39, 0.29) is 17.4 Å². The summed E-state index contributed by atoms with van der Waals surface area (Å²) in [5.41, 5.74) is 5.17. The van der Waals surface area contributed by atoms with Crippen LogP contribution >= 0.6 is 15.9 Å². The highest BCUT2D eigenvalue weighted by Gasteiger charge is 2.23. The molecule has 0 radical (unpaired) electrons. The van der Waals surface area contributed by atoms with Crippen LogP contribution in [-0.4, -0.2) is 17.6 Å². The number of halogens is 2. The largest absolute Gasteiger partial charge is 0.490 e. The predicted octanol–water partition coefficient (Wildman–Crippen LogP) is 3.52. The number of nitrogens with two attached hydrogens (primary N) is 1. The second-order valence-electron chi connectivity index (χ2n) is 4.90. The first-order valence-electron chi connectivity index (χ1n) is 5.92. The van der Waals surface area contributed by atoms with Crippen LogP contribution in [0.2, 0.25) is 0 Å².